The van der Waals surface area contributed by atoms with Crippen molar-refractivity contribution in [3.05, 3.63) is 34.8 Å². The van der Waals surface area contributed by atoms with Crippen LogP contribution in [0.1, 0.15) is 34.7 Å². The zero-order valence-corrected chi connectivity index (χ0v) is 16.6. The van der Waals surface area contributed by atoms with Crippen molar-refractivity contribution in [1.29, 1.82) is 0 Å². The molecule has 2 amide bonds. The molecule has 0 aliphatic rings. The van der Waals surface area contributed by atoms with E-state index in [1.54, 1.807) is 23.6 Å². The molecular formula is C18H24N4O4S. The van der Waals surface area contributed by atoms with Crippen LogP contribution in [-0.4, -0.2) is 50.1 Å². The fourth-order valence-electron chi connectivity index (χ4n) is 2.21. The van der Waals surface area contributed by atoms with Crippen molar-refractivity contribution in [3.8, 4) is 11.5 Å². The zero-order valence-electron chi connectivity index (χ0n) is 15.8. The largest absolute Gasteiger partial charge is 0.493 e. The van der Waals surface area contributed by atoms with E-state index in [9.17, 15) is 9.59 Å². The van der Waals surface area contributed by atoms with Gasteiger partial charge in [0.25, 0.3) is 11.8 Å². The number of benzene rings is 1. The highest BCUT2D eigenvalue weighted by Gasteiger charge is 2.15. The number of ether oxygens (including phenoxy) is 2. The number of hydrogen-bond donors (Lipinski definition) is 3. The Labute approximate surface area is 162 Å². The lowest BCUT2D eigenvalue weighted by molar-refractivity contribution is 0.0948. The quantitative estimate of drug-likeness (QED) is 0.565. The Morgan fingerprint density at radius 1 is 1.11 bits per heavy atom. The Bertz CT molecular complexity index is 791. The van der Waals surface area contributed by atoms with Gasteiger partial charge in [0, 0.05) is 30.1 Å². The highest BCUT2D eigenvalue weighted by molar-refractivity contribution is 7.14. The van der Waals surface area contributed by atoms with Gasteiger partial charge in [0.05, 0.1) is 14.2 Å². The number of carbonyl (C=O) groups is 2. The van der Waals surface area contributed by atoms with Crippen LogP contribution < -0.4 is 25.4 Å². The number of anilines is 1. The number of nitrogens with one attached hydrogen (secondary N) is 3. The Kier molecular flexibility index (Phi) is 7.56. The summed E-state index contributed by atoms with van der Waals surface area (Å²) in [6, 6.07) is 5.22. The Morgan fingerprint density at radius 2 is 1.85 bits per heavy atom. The van der Waals surface area contributed by atoms with Crippen LogP contribution >= 0.6 is 11.3 Å². The van der Waals surface area contributed by atoms with Crippen molar-refractivity contribution < 1.29 is 19.1 Å². The normalized spacial score (nSPS) is 10.6. The molecule has 27 heavy (non-hydrogen) atoms. The van der Waals surface area contributed by atoms with Gasteiger partial charge in [-0.25, -0.2) is 4.98 Å². The minimum Gasteiger partial charge on any atom is -0.493 e. The van der Waals surface area contributed by atoms with Crippen LogP contribution in [-0.2, 0) is 0 Å². The summed E-state index contributed by atoms with van der Waals surface area (Å²) >= 11 is 1.19. The first-order chi connectivity index (χ1) is 12.9. The molecule has 0 fully saturated rings. The third-order valence-corrected chi connectivity index (χ3v) is 4.32. The molecule has 1 aromatic heterocycles. The maximum atomic E-state index is 12.4. The number of hydrogen-bond acceptors (Lipinski definition) is 7. The van der Waals surface area contributed by atoms with E-state index in [1.165, 1.54) is 25.6 Å². The third kappa shape index (κ3) is 5.93. The molecular weight excluding hydrogens is 368 g/mol. The molecule has 9 heteroatoms. The van der Waals surface area contributed by atoms with Gasteiger partial charge in [-0.2, -0.15) is 0 Å². The number of aromatic nitrogens is 1. The first kappa shape index (κ1) is 20.7. The molecule has 0 unspecified atom stereocenters. The summed E-state index contributed by atoms with van der Waals surface area (Å²) in [7, 11) is 3.03. The van der Waals surface area contributed by atoms with Crippen LogP contribution in [0.15, 0.2) is 23.6 Å². The Morgan fingerprint density at radius 3 is 2.52 bits per heavy atom. The summed E-state index contributed by atoms with van der Waals surface area (Å²) in [4.78, 5) is 28.6. The van der Waals surface area contributed by atoms with Crippen molar-refractivity contribution >= 4 is 28.3 Å². The van der Waals surface area contributed by atoms with Gasteiger partial charge >= 0.3 is 0 Å². The second-order valence-electron chi connectivity index (χ2n) is 5.93. The lowest BCUT2D eigenvalue weighted by atomic mass is 10.2. The summed E-state index contributed by atoms with van der Waals surface area (Å²) in [5, 5.41) is 10.6. The SMILES string of the molecule is COc1ccc(C(=O)Nc2nc(C(=O)NCCNC(C)C)cs2)cc1OC. The summed E-state index contributed by atoms with van der Waals surface area (Å²) in [5.74, 6) is 0.371. The van der Waals surface area contributed by atoms with Crippen LogP contribution in [0, 0.1) is 0 Å². The first-order valence-corrected chi connectivity index (χ1v) is 9.33. The molecule has 0 atom stereocenters. The molecule has 3 N–H and O–H groups in total. The van der Waals surface area contributed by atoms with E-state index >= 15 is 0 Å². The molecule has 146 valence electrons. The smallest absolute Gasteiger partial charge is 0.270 e. The topological polar surface area (TPSA) is 102 Å². The van der Waals surface area contributed by atoms with Crippen LogP contribution in [0.25, 0.3) is 0 Å². The summed E-state index contributed by atoms with van der Waals surface area (Å²) in [6.45, 7) is 5.25. The summed E-state index contributed by atoms with van der Waals surface area (Å²) < 4.78 is 10.4. The molecule has 0 aliphatic carbocycles. The van der Waals surface area contributed by atoms with E-state index in [2.05, 4.69) is 20.9 Å². The molecule has 0 bridgehead atoms. The monoisotopic (exact) mass is 392 g/mol. The number of amides is 2. The van der Waals surface area contributed by atoms with E-state index in [0.717, 1.165) is 0 Å². The van der Waals surface area contributed by atoms with Crippen molar-refractivity contribution in [2.75, 3.05) is 32.6 Å². The van der Waals surface area contributed by atoms with E-state index in [-0.39, 0.29) is 17.5 Å². The van der Waals surface area contributed by atoms with E-state index in [0.29, 0.717) is 41.3 Å². The number of methoxy groups -OCH3 is 2. The van der Waals surface area contributed by atoms with Gasteiger partial charge in [-0.05, 0) is 18.2 Å². The average Bonchev–Trinajstić information content (AvgIpc) is 3.12. The minimum absolute atomic E-state index is 0.271. The van der Waals surface area contributed by atoms with Crippen molar-refractivity contribution in [3.63, 3.8) is 0 Å². The average molecular weight is 392 g/mol. The molecule has 0 saturated heterocycles. The van der Waals surface area contributed by atoms with E-state index < -0.39 is 0 Å². The van der Waals surface area contributed by atoms with E-state index in [4.69, 9.17) is 9.47 Å². The van der Waals surface area contributed by atoms with Gasteiger partial charge in [0.1, 0.15) is 5.69 Å². The minimum atomic E-state index is -0.349. The zero-order chi connectivity index (χ0) is 19.8. The van der Waals surface area contributed by atoms with Crippen LogP contribution in [0.4, 0.5) is 5.13 Å². The van der Waals surface area contributed by atoms with Gasteiger partial charge in [-0.3, -0.25) is 14.9 Å². The maximum Gasteiger partial charge on any atom is 0.270 e. The lowest BCUT2D eigenvalue weighted by Gasteiger charge is -2.09. The molecule has 0 spiro atoms. The summed E-state index contributed by atoms with van der Waals surface area (Å²) in [6.07, 6.45) is 0. The van der Waals surface area contributed by atoms with Crippen LogP contribution in [0.5, 0.6) is 11.5 Å². The van der Waals surface area contributed by atoms with Crippen LogP contribution in [0.2, 0.25) is 0 Å². The number of carbonyl (C=O) groups excluding carboxylic acids is 2. The fraction of sp³-hybridized carbons (Fsp3) is 0.389. The molecule has 1 aromatic carbocycles. The fourth-order valence-corrected chi connectivity index (χ4v) is 2.90. The highest BCUT2D eigenvalue weighted by Crippen LogP contribution is 2.28. The highest BCUT2D eigenvalue weighted by atomic mass is 32.1. The Balaban J connectivity index is 1.94. The van der Waals surface area contributed by atoms with Crippen molar-refractivity contribution in [2.45, 2.75) is 19.9 Å². The lowest BCUT2D eigenvalue weighted by Crippen LogP contribution is -2.34. The van der Waals surface area contributed by atoms with Gasteiger partial charge in [0.2, 0.25) is 0 Å². The number of thiazole rings is 1. The molecule has 2 aromatic rings. The van der Waals surface area contributed by atoms with Crippen molar-refractivity contribution in [2.24, 2.45) is 0 Å². The van der Waals surface area contributed by atoms with Crippen molar-refractivity contribution in [1.82, 2.24) is 15.6 Å². The van der Waals surface area contributed by atoms with Gasteiger partial charge < -0.3 is 20.1 Å². The standard InChI is InChI=1S/C18H24N4O4S/c1-11(2)19-7-8-20-17(24)13-10-27-18(21-13)22-16(23)12-5-6-14(25-3)15(9-12)26-4/h5-6,9-11,19H,7-8H2,1-4H3,(H,20,24)(H,21,22,23). The van der Waals surface area contributed by atoms with Gasteiger partial charge in [-0.1, -0.05) is 13.8 Å². The molecule has 0 saturated carbocycles. The van der Waals surface area contributed by atoms with Gasteiger partial charge in [0.15, 0.2) is 16.6 Å². The predicted octanol–water partition coefficient (Wildman–Crippen LogP) is 2.14. The number of nitrogens with zero attached hydrogens (tertiary/aromatic N) is 1. The second kappa shape index (κ2) is 9.89. The van der Waals surface area contributed by atoms with E-state index in [1.807, 2.05) is 13.8 Å². The molecule has 0 aliphatic heterocycles. The molecule has 2 rings (SSSR count). The summed E-state index contributed by atoms with van der Waals surface area (Å²) in [5.41, 5.74) is 0.667. The first-order valence-electron chi connectivity index (χ1n) is 8.45. The second-order valence-corrected chi connectivity index (χ2v) is 6.78. The number of rotatable bonds is 9. The third-order valence-electron chi connectivity index (χ3n) is 3.57. The van der Waals surface area contributed by atoms with Crippen LogP contribution in [0.3, 0.4) is 0 Å². The Hall–Kier alpha value is -2.65. The van der Waals surface area contributed by atoms with Gasteiger partial charge in [-0.15, -0.1) is 11.3 Å². The molecule has 1 heterocycles. The predicted molar refractivity (Wildman–Crippen MR) is 105 cm³/mol. The molecule has 8 nitrogen and oxygen atoms in total. The maximum absolute atomic E-state index is 12.4. The molecule has 0 radical (unpaired) electrons.